The van der Waals surface area contributed by atoms with Crippen LogP contribution in [0.1, 0.15) is 38.5 Å². The van der Waals surface area contributed by atoms with Crippen molar-refractivity contribution >= 4 is 11.6 Å². The minimum atomic E-state index is 0.215. The monoisotopic (exact) mass is 260 g/mol. The lowest BCUT2D eigenvalue weighted by Gasteiger charge is -2.29. The molecule has 3 heteroatoms. The van der Waals surface area contributed by atoms with Gasteiger partial charge in [-0.05, 0) is 37.9 Å². The zero-order valence-electron chi connectivity index (χ0n) is 11.6. The van der Waals surface area contributed by atoms with E-state index in [9.17, 15) is 4.79 Å². The molecule has 0 radical (unpaired) electrons. The van der Waals surface area contributed by atoms with E-state index in [2.05, 4.69) is 0 Å². The van der Waals surface area contributed by atoms with E-state index in [0.717, 1.165) is 31.5 Å². The van der Waals surface area contributed by atoms with Crippen molar-refractivity contribution in [3.05, 3.63) is 30.3 Å². The molecule has 1 saturated carbocycles. The van der Waals surface area contributed by atoms with Crippen molar-refractivity contribution in [3.63, 3.8) is 0 Å². The SMILES string of the molecule is NCCCN(C(=O)C1CCCCC1)c1ccccc1. The molecule has 0 spiro atoms. The molecule has 1 aromatic carbocycles. The predicted molar refractivity (Wildman–Crippen MR) is 79.0 cm³/mol. The fraction of sp³-hybridized carbons (Fsp3) is 0.562. The zero-order chi connectivity index (χ0) is 13.5. The number of carbonyl (C=O) groups is 1. The maximum atomic E-state index is 12.7. The molecule has 0 aliphatic heterocycles. The van der Waals surface area contributed by atoms with Crippen LogP contribution >= 0.6 is 0 Å². The Morgan fingerprint density at radius 1 is 1.16 bits per heavy atom. The molecule has 0 bridgehead atoms. The van der Waals surface area contributed by atoms with Gasteiger partial charge in [0.2, 0.25) is 5.91 Å². The van der Waals surface area contributed by atoms with Crippen LogP contribution in [0.4, 0.5) is 5.69 Å². The molecule has 2 N–H and O–H groups in total. The second-order valence-electron chi connectivity index (χ2n) is 5.30. The first-order valence-electron chi connectivity index (χ1n) is 7.39. The van der Waals surface area contributed by atoms with Crippen molar-refractivity contribution in [3.8, 4) is 0 Å². The van der Waals surface area contributed by atoms with Crippen LogP contribution in [0.15, 0.2) is 30.3 Å². The van der Waals surface area contributed by atoms with Crippen LogP contribution in [-0.2, 0) is 4.79 Å². The van der Waals surface area contributed by atoms with E-state index in [0.29, 0.717) is 12.5 Å². The number of para-hydroxylation sites is 1. The van der Waals surface area contributed by atoms with Crippen LogP contribution in [0.3, 0.4) is 0 Å². The van der Waals surface area contributed by atoms with Crippen LogP contribution in [0, 0.1) is 5.92 Å². The van der Waals surface area contributed by atoms with Gasteiger partial charge in [-0.15, -0.1) is 0 Å². The molecule has 1 aliphatic carbocycles. The number of amides is 1. The van der Waals surface area contributed by atoms with Crippen molar-refractivity contribution < 1.29 is 4.79 Å². The Bertz CT molecular complexity index is 385. The number of nitrogens with two attached hydrogens (primary N) is 1. The van der Waals surface area contributed by atoms with Gasteiger partial charge in [-0.3, -0.25) is 4.79 Å². The smallest absolute Gasteiger partial charge is 0.230 e. The molecule has 0 aromatic heterocycles. The summed E-state index contributed by atoms with van der Waals surface area (Å²) in [6.45, 7) is 1.36. The van der Waals surface area contributed by atoms with Gasteiger partial charge in [0.1, 0.15) is 0 Å². The highest BCUT2D eigenvalue weighted by molar-refractivity contribution is 5.95. The first kappa shape index (κ1) is 14.1. The molecule has 19 heavy (non-hydrogen) atoms. The summed E-state index contributed by atoms with van der Waals surface area (Å²) in [6, 6.07) is 9.97. The Morgan fingerprint density at radius 3 is 2.47 bits per heavy atom. The third-order valence-corrected chi connectivity index (χ3v) is 3.87. The molecule has 1 amide bonds. The van der Waals surface area contributed by atoms with E-state index >= 15 is 0 Å². The number of hydrogen-bond acceptors (Lipinski definition) is 2. The molecular weight excluding hydrogens is 236 g/mol. The first-order valence-corrected chi connectivity index (χ1v) is 7.39. The Hall–Kier alpha value is -1.35. The third-order valence-electron chi connectivity index (χ3n) is 3.87. The average Bonchev–Trinajstić information content (AvgIpc) is 2.49. The van der Waals surface area contributed by atoms with Gasteiger partial charge < -0.3 is 10.6 Å². The molecule has 1 fully saturated rings. The molecule has 0 saturated heterocycles. The molecule has 2 rings (SSSR count). The maximum Gasteiger partial charge on any atom is 0.230 e. The fourth-order valence-corrected chi connectivity index (χ4v) is 2.79. The van der Waals surface area contributed by atoms with Gasteiger partial charge in [0.15, 0.2) is 0 Å². The lowest BCUT2D eigenvalue weighted by atomic mass is 9.88. The summed E-state index contributed by atoms with van der Waals surface area (Å²) in [7, 11) is 0. The Balaban J connectivity index is 2.10. The number of carbonyl (C=O) groups excluding carboxylic acids is 1. The minimum Gasteiger partial charge on any atom is -0.330 e. The molecule has 1 aromatic rings. The second-order valence-corrected chi connectivity index (χ2v) is 5.30. The zero-order valence-corrected chi connectivity index (χ0v) is 11.6. The second kappa shape index (κ2) is 7.29. The number of nitrogens with zero attached hydrogens (tertiary/aromatic N) is 1. The molecular formula is C16H24N2O. The Labute approximate surface area is 115 Å². The summed E-state index contributed by atoms with van der Waals surface area (Å²) in [5, 5.41) is 0. The van der Waals surface area contributed by atoms with E-state index in [1.165, 1.54) is 19.3 Å². The number of rotatable bonds is 5. The standard InChI is InChI=1S/C16H24N2O/c17-12-7-13-18(15-10-5-2-6-11-15)16(19)14-8-3-1-4-9-14/h2,5-6,10-11,14H,1,3-4,7-9,12-13,17H2. The van der Waals surface area contributed by atoms with Crippen molar-refractivity contribution in [1.82, 2.24) is 0 Å². The largest absolute Gasteiger partial charge is 0.330 e. The van der Waals surface area contributed by atoms with E-state index in [-0.39, 0.29) is 5.92 Å². The lowest BCUT2D eigenvalue weighted by Crippen LogP contribution is -2.38. The highest BCUT2D eigenvalue weighted by atomic mass is 16.2. The van der Waals surface area contributed by atoms with Crippen molar-refractivity contribution in [2.75, 3.05) is 18.0 Å². The lowest BCUT2D eigenvalue weighted by molar-refractivity contribution is -0.123. The number of benzene rings is 1. The van der Waals surface area contributed by atoms with Crippen molar-refractivity contribution in [2.45, 2.75) is 38.5 Å². The van der Waals surface area contributed by atoms with Gasteiger partial charge in [0, 0.05) is 18.2 Å². The minimum absolute atomic E-state index is 0.215. The van der Waals surface area contributed by atoms with Crippen molar-refractivity contribution in [1.29, 1.82) is 0 Å². The van der Waals surface area contributed by atoms with Gasteiger partial charge in [-0.2, -0.15) is 0 Å². The fourth-order valence-electron chi connectivity index (χ4n) is 2.79. The predicted octanol–water partition coefficient (Wildman–Crippen LogP) is 2.95. The van der Waals surface area contributed by atoms with Crippen molar-refractivity contribution in [2.24, 2.45) is 11.7 Å². The van der Waals surface area contributed by atoms with Gasteiger partial charge in [-0.25, -0.2) is 0 Å². The molecule has 0 unspecified atom stereocenters. The summed E-state index contributed by atoms with van der Waals surface area (Å²) in [6.07, 6.45) is 6.60. The molecule has 1 aliphatic rings. The normalized spacial score (nSPS) is 16.3. The molecule has 104 valence electrons. The highest BCUT2D eigenvalue weighted by Gasteiger charge is 2.26. The summed E-state index contributed by atoms with van der Waals surface area (Å²) < 4.78 is 0. The van der Waals surface area contributed by atoms with Crippen LogP contribution in [-0.4, -0.2) is 19.0 Å². The van der Waals surface area contributed by atoms with E-state index in [1.807, 2.05) is 35.2 Å². The number of anilines is 1. The van der Waals surface area contributed by atoms with E-state index < -0.39 is 0 Å². The summed E-state index contributed by atoms with van der Waals surface area (Å²) >= 11 is 0. The summed E-state index contributed by atoms with van der Waals surface area (Å²) in [4.78, 5) is 14.6. The quantitative estimate of drug-likeness (QED) is 0.884. The Morgan fingerprint density at radius 2 is 1.84 bits per heavy atom. The van der Waals surface area contributed by atoms with Crippen LogP contribution in [0.5, 0.6) is 0 Å². The third kappa shape index (κ3) is 3.80. The van der Waals surface area contributed by atoms with Gasteiger partial charge in [0.25, 0.3) is 0 Å². The summed E-state index contributed by atoms with van der Waals surface area (Å²) in [5.74, 6) is 0.506. The van der Waals surface area contributed by atoms with E-state index in [1.54, 1.807) is 0 Å². The Kier molecular flexibility index (Phi) is 5.40. The summed E-state index contributed by atoms with van der Waals surface area (Å²) in [5.41, 5.74) is 6.60. The van der Waals surface area contributed by atoms with Gasteiger partial charge in [0.05, 0.1) is 0 Å². The first-order chi connectivity index (χ1) is 9.33. The van der Waals surface area contributed by atoms with Gasteiger partial charge >= 0.3 is 0 Å². The average molecular weight is 260 g/mol. The number of hydrogen-bond donors (Lipinski definition) is 1. The topological polar surface area (TPSA) is 46.3 Å². The van der Waals surface area contributed by atoms with Crippen LogP contribution in [0.25, 0.3) is 0 Å². The molecule has 0 atom stereocenters. The highest BCUT2D eigenvalue weighted by Crippen LogP contribution is 2.27. The molecule has 3 nitrogen and oxygen atoms in total. The molecule has 0 heterocycles. The van der Waals surface area contributed by atoms with Crippen LogP contribution < -0.4 is 10.6 Å². The van der Waals surface area contributed by atoms with E-state index in [4.69, 9.17) is 5.73 Å². The maximum absolute atomic E-state index is 12.7. The van der Waals surface area contributed by atoms with Gasteiger partial charge in [-0.1, -0.05) is 37.5 Å². The van der Waals surface area contributed by atoms with Crippen LogP contribution in [0.2, 0.25) is 0 Å².